The molecular weight excluding hydrogens is 376 g/mol. The normalized spacial score (nSPS) is 19.2. The molecule has 2 aliphatic rings. The monoisotopic (exact) mass is 408 g/mol. The molecule has 2 fully saturated rings. The largest absolute Gasteiger partial charge is 0.348 e. The van der Waals surface area contributed by atoms with Gasteiger partial charge < -0.3 is 10.2 Å². The summed E-state index contributed by atoms with van der Waals surface area (Å²) in [5, 5.41) is 5.54. The molecule has 4 rings (SSSR count). The summed E-state index contributed by atoms with van der Waals surface area (Å²) in [5.74, 6) is 0.305. The fourth-order valence-electron chi connectivity index (χ4n) is 4.56. The molecular formula is C24H32N4O2. The number of hydrogen-bond donors (Lipinski definition) is 1. The lowest BCUT2D eigenvalue weighted by Gasteiger charge is -2.34. The number of hydrogen-bond acceptors (Lipinski definition) is 4. The van der Waals surface area contributed by atoms with Gasteiger partial charge in [0.05, 0.1) is 19.1 Å². The van der Waals surface area contributed by atoms with Crippen molar-refractivity contribution in [2.75, 3.05) is 52.4 Å². The zero-order chi connectivity index (χ0) is 20.9. The second-order valence-corrected chi connectivity index (χ2v) is 8.50. The minimum atomic E-state index is -0.0389. The first-order valence-corrected chi connectivity index (χ1v) is 11.1. The third kappa shape index (κ3) is 4.99. The van der Waals surface area contributed by atoms with Crippen LogP contribution in [0.1, 0.15) is 31.4 Å². The summed E-state index contributed by atoms with van der Waals surface area (Å²) >= 11 is 0. The van der Waals surface area contributed by atoms with Gasteiger partial charge in [0.2, 0.25) is 11.8 Å². The molecule has 0 spiro atoms. The first kappa shape index (κ1) is 20.8. The van der Waals surface area contributed by atoms with E-state index >= 15 is 0 Å². The van der Waals surface area contributed by atoms with Crippen molar-refractivity contribution in [2.24, 2.45) is 0 Å². The molecule has 0 aliphatic carbocycles. The molecule has 2 aromatic carbocycles. The van der Waals surface area contributed by atoms with E-state index in [2.05, 4.69) is 39.4 Å². The Hall–Kier alpha value is -2.44. The Morgan fingerprint density at radius 3 is 2.23 bits per heavy atom. The maximum absolute atomic E-state index is 12.6. The molecule has 0 bridgehead atoms. The zero-order valence-corrected chi connectivity index (χ0v) is 17.8. The average molecular weight is 409 g/mol. The second-order valence-electron chi connectivity index (χ2n) is 8.50. The minimum absolute atomic E-state index is 0.0389. The molecule has 0 saturated carbocycles. The van der Waals surface area contributed by atoms with Crippen LogP contribution in [-0.2, 0) is 9.59 Å². The van der Waals surface area contributed by atoms with Gasteiger partial charge in [0.25, 0.3) is 0 Å². The molecule has 1 unspecified atom stereocenters. The number of amides is 2. The molecule has 30 heavy (non-hydrogen) atoms. The van der Waals surface area contributed by atoms with Crippen molar-refractivity contribution in [1.29, 1.82) is 0 Å². The summed E-state index contributed by atoms with van der Waals surface area (Å²) in [6.07, 6.45) is 2.26. The smallest absolute Gasteiger partial charge is 0.236 e. The van der Waals surface area contributed by atoms with Crippen LogP contribution >= 0.6 is 0 Å². The van der Waals surface area contributed by atoms with E-state index in [1.54, 1.807) is 0 Å². The highest BCUT2D eigenvalue weighted by atomic mass is 16.2. The molecule has 2 aromatic rings. The average Bonchev–Trinajstić information content (AvgIpc) is 3.30. The van der Waals surface area contributed by atoms with E-state index in [1.165, 1.54) is 10.8 Å². The van der Waals surface area contributed by atoms with E-state index in [0.717, 1.165) is 57.7 Å². The zero-order valence-electron chi connectivity index (χ0n) is 17.8. The summed E-state index contributed by atoms with van der Waals surface area (Å²) in [4.78, 5) is 31.3. The Balaban J connectivity index is 1.24. The highest BCUT2D eigenvalue weighted by Crippen LogP contribution is 2.24. The highest BCUT2D eigenvalue weighted by molar-refractivity contribution is 5.87. The molecule has 160 valence electrons. The number of carbonyl (C=O) groups excluding carboxylic acids is 2. The van der Waals surface area contributed by atoms with Crippen molar-refractivity contribution >= 4 is 22.6 Å². The van der Waals surface area contributed by atoms with E-state index in [0.29, 0.717) is 13.1 Å². The van der Waals surface area contributed by atoms with Crippen molar-refractivity contribution in [3.8, 4) is 0 Å². The summed E-state index contributed by atoms with van der Waals surface area (Å²) in [7, 11) is 0. The summed E-state index contributed by atoms with van der Waals surface area (Å²) in [6.45, 7) is 8.11. The SMILES string of the molecule is CC(NC(=O)CN1CCN(CC(=O)N2CCCC2)CC1)c1cccc2ccccc12. The van der Waals surface area contributed by atoms with Crippen LogP contribution in [0, 0.1) is 0 Å². The maximum Gasteiger partial charge on any atom is 0.236 e. The number of likely N-dealkylation sites (tertiary alicyclic amines) is 1. The Kier molecular flexibility index (Phi) is 6.65. The number of benzene rings is 2. The van der Waals surface area contributed by atoms with Gasteiger partial charge in [-0.15, -0.1) is 0 Å². The number of nitrogens with zero attached hydrogens (tertiary/aromatic N) is 3. The van der Waals surface area contributed by atoms with Crippen molar-refractivity contribution < 1.29 is 9.59 Å². The third-order valence-corrected chi connectivity index (χ3v) is 6.32. The maximum atomic E-state index is 12.6. The number of fused-ring (bicyclic) bond motifs is 1. The summed E-state index contributed by atoms with van der Waals surface area (Å²) in [6, 6.07) is 14.5. The van der Waals surface area contributed by atoms with Gasteiger partial charge in [-0.05, 0) is 36.1 Å². The molecule has 2 saturated heterocycles. The molecule has 2 aliphatic heterocycles. The Labute approximate surface area is 178 Å². The topological polar surface area (TPSA) is 55.9 Å². The number of rotatable bonds is 6. The number of piperazine rings is 1. The van der Waals surface area contributed by atoms with E-state index in [9.17, 15) is 9.59 Å². The first-order chi connectivity index (χ1) is 14.6. The van der Waals surface area contributed by atoms with E-state index in [4.69, 9.17) is 0 Å². The molecule has 0 radical (unpaired) electrons. The lowest BCUT2D eigenvalue weighted by Crippen LogP contribution is -2.51. The van der Waals surface area contributed by atoms with Crippen LogP contribution in [-0.4, -0.2) is 78.9 Å². The third-order valence-electron chi connectivity index (χ3n) is 6.32. The van der Waals surface area contributed by atoms with Gasteiger partial charge in [-0.1, -0.05) is 42.5 Å². The van der Waals surface area contributed by atoms with Crippen molar-refractivity contribution in [1.82, 2.24) is 20.0 Å². The lowest BCUT2D eigenvalue weighted by molar-refractivity contribution is -0.132. The molecule has 6 nitrogen and oxygen atoms in total. The highest BCUT2D eigenvalue weighted by Gasteiger charge is 2.24. The van der Waals surface area contributed by atoms with Gasteiger partial charge in [-0.3, -0.25) is 19.4 Å². The second kappa shape index (κ2) is 9.58. The van der Waals surface area contributed by atoms with Crippen LogP contribution in [0.2, 0.25) is 0 Å². The quantitative estimate of drug-likeness (QED) is 0.797. The Bertz CT molecular complexity index is 880. The van der Waals surface area contributed by atoms with Crippen molar-refractivity contribution in [3.05, 3.63) is 48.0 Å². The van der Waals surface area contributed by atoms with E-state index < -0.39 is 0 Å². The van der Waals surface area contributed by atoms with E-state index in [-0.39, 0.29) is 17.9 Å². The minimum Gasteiger partial charge on any atom is -0.348 e. The van der Waals surface area contributed by atoms with Gasteiger partial charge >= 0.3 is 0 Å². The number of nitrogens with one attached hydrogen (secondary N) is 1. The Morgan fingerprint density at radius 2 is 1.50 bits per heavy atom. The van der Waals surface area contributed by atoms with Crippen molar-refractivity contribution in [3.63, 3.8) is 0 Å². The van der Waals surface area contributed by atoms with Crippen LogP contribution in [0.3, 0.4) is 0 Å². The van der Waals surface area contributed by atoms with Crippen LogP contribution in [0.5, 0.6) is 0 Å². The first-order valence-electron chi connectivity index (χ1n) is 11.1. The fourth-order valence-corrected chi connectivity index (χ4v) is 4.56. The van der Waals surface area contributed by atoms with E-state index in [1.807, 2.05) is 30.0 Å². The lowest BCUT2D eigenvalue weighted by atomic mass is 10.00. The summed E-state index contributed by atoms with van der Waals surface area (Å²) < 4.78 is 0. The number of carbonyl (C=O) groups is 2. The summed E-state index contributed by atoms with van der Waals surface area (Å²) in [5.41, 5.74) is 1.15. The standard InChI is InChI=1S/C24H32N4O2/c1-19(21-10-6-8-20-7-2-3-9-22(20)21)25-23(29)17-26-13-15-27(16-14-26)18-24(30)28-11-4-5-12-28/h2-3,6-10,19H,4-5,11-18H2,1H3,(H,25,29). The van der Waals surface area contributed by atoms with Crippen LogP contribution in [0.25, 0.3) is 10.8 Å². The van der Waals surface area contributed by atoms with Gasteiger partial charge in [-0.2, -0.15) is 0 Å². The molecule has 2 heterocycles. The Morgan fingerprint density at radius 1 is 0.867 bits per heavy atom. The van der Waals surface area contributed by atoms with Gasteiger partial charge in [0.15, 0.2) is 0 Å². The molecule has 1 N–H and O–H groups in total. The van der Waals surface area contributed by atoms with Crippen LogP contribution in [0.4, 0.5) is 0 Å². The van der Waals surface area contributed by atoms with Gasteiger partial charge in [-0.25, -0.2) is 0 Å². The predicted octanol–water partition coefficient (Wildman–Crippen LogP) is 2.26. The van der Waals surface area contributed by atoms with Crippen molar-refractivity contribution in [2.45, 2.75) is 25.8 Å². The fraction of sp³-hybridized carbons (Fsp3) is 0.500. The molecule has 6 heteroatoms. The van der Waals surface area contributed by atoms with Gasteiger partial charge in [0, 0.05) is 39.3 Å². The molecule has 2 amide bonds. The molecule has 1 atom stereocenters. The molecule has 0 aromatic heterocycles. The van der Waals surface area contributed by atoms with Crippen LogP contribution < -0.4 is 5.32 Å². The predicted molar refractivity (Wildman–Crippen MR) is 119 cm³/mol. The van der Waals surface area contributed by atoms with Crippen LogP contribution in [0.15, 0.2) is 42.5 Å². The van der Waals surface area contributed by atoms with Gasteiger partial charge in [0.1, 0.15) is 0 Å².